The molecule has 0 spiro atoms. The maximum absolute atomic E-state index is 5.23. The van der Waals surface area contributed by atoms with Crippen molar-refractivity contribution in [3.05, 3.63) is 212 Å². The second-order valence-electron chi connectivity index (χ2n) is 14.7. The van der Waals surface area contributed by atoms with Crippen molar-refractivity contribution in [2.45, 2.75) is 0 Å². The zero-order chi connectivity index (χ0) is 38.4. The lowest BCUT2D eigenvalue weighted by atomic mass is 9.83. The summed E-state index contributed by atoms with van der Waals surface area (Å²) in [4.78, 5) is 15.5. The Morgan fingerprint density at radius 2 is 0.621 bits per heavy atom. The van der Waals surface area contributed by atoms with Crippen LogP contribution in [-0.4, -0.2) is 15.0 Å². The van der Waals surface area contributed by atoms with E-state index in [-0.39, 0.29) is 0 Å². The molecule has 0 amide bonds. The molecule has 0 bridgehead atoms. The highest BCUT2D eigenvalue weighted by molar-refractivity contribution is 6.25. The van der Waals surface area contributed by atoms with Crippen LogP contribution in [-0.2, 0) is 0 Å². The third kappa shape index (κ3) is 5.72. The SMILES string of the molecule is c1ccc(-c2cccc(-c3nc(-c4ccccc4)nc(-c4ccc(-c5c6ccccc6c(-c6cccc7ccccc67)c6ccccc56)c5ccccc45)n3)c2)cc1. The van der Waals surface area contributed by atoms with Gasteiger partial charge in [-0.05, 0) is 88.6 Å². The van der Waals surface area contributed by atoms with E-state index in [1.165, 1.54) is 54.6 Å². The number of rotatable bonds is 6. The van der Waals surface area contributed by atoms with E-state index in [4.69, 9.17) is 15.0 Å². The van der Waals surface area contributed by atoms with Crippen LogP contribution < -0.4 is 0 Å². The molecule has 11 rings (SSSR count). The fourth-order valence-electron chi connectivity index (χ4n) is 8.67. The average Bonchev–Trinajstić information content (AvgIpc) is 3.31. The second kappa shape index (κ2) is 14.1. The van der Waals surface area contributed by atoms with Crippen LogP contribution in [0.2, 0.25) is 0 Å². The standard InChI is InChI=1S/C55H35N3/c1-3-17-36(18-4-1)39-23-15-24-40(35-39)54-56-53(38-20-5-2-6-21-38)57-55(58-54)50-34-33-49(42-26-9-10-27-43(42)50)52-47-30-13-11-28-45(47)51(46-29-12-14-31-48(46)52)44-32-16-22-37-19-7-8-25-41(37)44/h1-35H. The molecule has 0 saturated heterocycles. The number of nitrogens with zero attached hydrogens (tertiary/aromatic N) is 3. The molecule has 270 valence electrons. The molecule has 0 atom stereocenters. The molecule has 0 unspecified atom stereocenters. The molecule has 0 aliphatic heterocycles. The first-order valence-corrected chi connectivity index (χ1v) is 19.7. The Labute approximate surface area is 336 Å². The van der Waals surface area contributed by atoms with Gasteiger partial charge in [0.25, 0.3) is 0 Å². The lowest BCUT2D eigenvalue weighted by Gasteiger charge is -2.20. The Morgan fingerprint density at radius 1 is 0.224 bits per heavy atom. The molecular weight excluding hydrogens is 703 g/mol. The lowest BCUT2D eigenvalue weighted by molar-refractivity contribution is 1.08. The van der Waals surface area contributed by atoms with Gasteiger partial charge in [-0.1, -0.05) is 200 Å². The first-order chi connectivity index (χ1) is 28.8. The van der Waals surface area contributed by atoms with Crippen LogP contribution in [0.3, 0.4) is 0 Å². The zero-order valence-corrected chi connectivity index (χ0v) is 31.5. The monoisotopic (exact) mass is 737 g/mol. The predicted octanol–water partition coefficient (Wildman–Crippen LogP) is 14.5. The highest BCUT2D eigenvalue weighted by Crippen LogP contribution is 2.47. The van der Waals surface area contributed by atoms with Gasteiger partial charge in [0.05, 0.1) is 0 Å². The van der Waals surface area contributed by atoms with Crippen LogP contribution in [0.1, 0.15) is 0 Å². The van der Waals surface area contributed by atoms with Gasteiger partial charge in [-0.3, -0.25) is 0 Å². The summed E-state index contributed by atoms with van der Waals surface area (Å²) in [6.07, 6.45) is 0. The molecule has 1 aromatic heterocycles. The van der Waals surface area contributed by atoms with E-state index in [0.29, 0.717) is 17.5 Å². The van der Waals surface area contributed by atoms with Gasteiger partial charge in [-0.2, -0.15) is 0 Å². The average molecular weight is 738 g/mol. The smallest absolute Gasteiger partial charge is 0.164 e. The van der Waals surface area contributed by atoms with E-state index < -0.39 is 0 Å². The lowest BCUT2D eigenvalue weighted by Crippen LogP contribution is -2.01. The Morgan fingerprint density at radius 3 is 1.26 bits per heavy atom. The number of hydrogen-bond donors (Lipinski definition) is 0. The van der Waals surface area contributed by atoms with Crippen LogP contribution in [0, 0.1) is 0 Å². The Hall–Kier alpha value is -7.75. The zero-order valence-electron chi connectivity index (χ0n) is 31.5. The molecule has 3 nitrogen and oxygen atoms in total. The summed E-state index contributed by atoms with van der Waals surface area (Å²) in [7, 11) is 0. The third-order valence-electron chi connectivity index (χ3n) is 11.3. The van der Waals surface area contributed by atoms with Gasteiger partial charge in [0.2, 0.25) is 0 Å². The number of benzene rings is 10. The van der Waals surface area contributed by atoms with Crippen molar-refractivity contribution in [3.63, 3.8) is 0 Å². The van der Waals surface area contributed by atoms with Crippen LogP contribution >= 0.6 is 0 Å². The quantitative estimate of drug-likeness (QED) is 0.160. The van der Waals surface area contributed by atoms with Crippen molar-refractivity contribution in [2.24, 2.45) is 0 Å². The fraction of sp³-hybridized carbons (Fsp3) is 0. The van der Waals surface area contributed by atoms with Gasteiger partial charge in [0, 0.05) is 16.7 Å². The number of aromatic nitrogens is 3. The van der Waals surface area contributed by atoms with Crippen LogP contribution in [0.15, 0.2) is 212 Å². The molecule has 0 radical (unpaired) electrons. The molecule has 10 aromatic carbocycles. The molecule has 11 aromatic rings. The molecule has 0 aliphatic rings. The summed E-state index contributed by atoms with van der Waals surface area (Å²) in [6.45, 7) is 0. The van der Waals surface area contributed by atoms with Crippen molar-refractivity contribution in [1.82, 2.24) is 15.0 Å². The van der Waals surface area contributed by atoms with Crippen molar-refractivity contribution < 1.29 is 0 Å². The first kappa shape index (κ1) is 33.6. The molecule has 0 aliphatic carbocycles. The molecular formula is C55H35N3. The molecule has 1 heterocycles. The van der Waals surface area contributed by atoms with Gasteiger partial charge in [-0.15, -0.1) is 0 Å². The van der Waals surface area contributed by atoms with E-state index >= 15 is 0 Å². The van der Waals surface area contributed by atoms with Gasteiger partial charge in [0.1, 0.15) is 0 Å². The summed E-state index contributed by atoms with van der Waals surface area (Å²) < 4.78 is 0. The van der Waals surface area contributed by atoms with Crippen LogP contribution in [0.25, 0.3) is 111 Å². The van der Waals surface area contributed by atoms with E-state index in [1.54, 1.807) is 0 Å². The van der Waals surface area contributed by atoms with Crippen LogP contribution in [0.5, 0.6) is 0 Å². The molecule has 0 saturated carbocycles. The first-order valence-electron chi connectivity index (χ1n) is 19.7. The topological polar surface area (TPSA) is 38.7 Å². The largest absolute Gasteiger partial charge is 0.208 e. The minimum Gasteiger partial charge on any atom is -0.208 e. The normalized spacial score (nSPS) is 11.4. The summed E-state index contributed by atoms with van der Waals surface area (Å²) in [5.41, 5.74) is 9.99. The van der Waals surface area contributed by atoms with Gasteiger partial charge in [0.15, 0.2) is 17.5 Å². The molecule has 58 heavy (non-hydrogen) atoms. The van der Waals surface area contributed by atoms with Crippen molar-refractivity contribution in [3.8, 4) is 67.5 Å². The van der Waals surface area contributed by atoms with Gasteiger partial charge < -0.3 is 0 Å². The fourth-order valence-corrected chi connectivity index (χ4v) is 8.67. The highest BCUT2D eigenvalue weighted by atomic mass is 15.0. The summed E-state index contributed by atoms with van der Waals surface area (Å²) in [5.74, 6) is 1.91. The number of hydrogen-bond acceptors (Lipinski definition) is 3. The minimum atomic E-state index is 0.635. The molecule has 0 N–H and O–H groups in total. The highest BCUT2D eigenvalue weighted by Gasteiger charge is 2.21. The maximum atomic E-state index is 5.23. The number of fused-ring (bicyclic) bond motifs is 4. The van der Waals surface area contributed by atoms with Crippen molar-refractivity contribution >= 4 is 43.1 Å². The maximum Gasteiger partial charge on any atom is 0.164 e. The summed E-state index contributed by atoms with van der Waals surface area (Å²) in [6, 6.07) is 75.3. The third-order valence-corrected chi connectivity index (χ3v) is 11.3. The van der Waals surface area contributed by atoms with E-state index in [0.717, 1.165) is 38.6 Å². The van der Waals surface area contributed by atoms with Gasteiger partial charge in [-0.25, -0.2) is 15.0 Å². The van der Waals surface area contributed by atoms with E-state index in [1.807, 2.05) is 24.3 Å². The Kier molecular flexibility index (Phi) is 8.15. The summed E-state index contributed by atoms with van der Waals surface area (Å²) >= 11 is 0. The van der Waals surface area contributed by atoms with Crippen molar-refractivity contribution in [2.75, 3.05) is 0 Å². The van der Waals surface area contributed by atoms with Crippen molar-refractivity contribution in [1.29, 1.82) is 0 Å². The van der Waals surface area contributed by atoms with E-state index in [2.05, 4.69) is 188 Å². The summed E-state index contributed by atoms with van der Waals surface area (Å²) in [5, 5.41) is 9.60. The minimum absolute atomic E-state index is 0.635. The molecule has 3 heteroatoms. The Bertz CT molecular complexity index is 3270. The predicted molar refractivity (Wildman–Crippen MR) is 242 cm³/mol. The molecule has 0 fully saturated rings. The van der Waals surface area contributed by atoms with E-state index in [9.17, 15) is 0 Å². The second-order valence-corrected chi connectivity index (χ2v) is 14.7. The Balaban J connectivity index is 1.14. The van der Waals surface area contributed by atoms with Crippen LogP contribution in [0.4, 0.5) is 0 Å². The van der Waals surface area contributed by atoms with Gasteiger partial charge >= 0.3 is 0 Å².